The number of benzene rings is 2. The number of primary amides is 1. The summed E-state index contributed by atoms with van der Waals surface area (Å²) in [5, 5.41) is 3.43. The summed E-state index contributed by atoms with van der Waals surface area (Å²) in [6.07, 6.45) is 5.00. The summed E-state index contributed by atoms with van der Waals surface area (Å²) in [6, 6.07) is 14.9. The van der Waals surface area contributed by atoms with E-state index in [2.05, 4.69) is 5.32 Å². The van der Waals surface area contributed by atoms with Gasteiger partial charge in [0.15, 0.2) is 0 Å². The average molecular weight is 454 g/mol. The van der Waals surface area contributed by atoms with Crippen molar-refractivity contribution >= 4 is 23.6 Å². The zero-order valence-corrected chi connectivity index (χ0v) is 19.5. The van der Waals surface area contributed by atoms with Crippen molar-refractivity contribution in [2.45, 2.75) is 41.7 Å². The van der Waals surface area contributed by atoms with Crippen LogP contribution in [0.2, 0.25) is 0 Å². The molecule has 1 aliphatic heterocycles. The molecule has 2 aromatic rings. The third-order valence-corrected chi connectivity index (χ3v) is 8.16. The highest BCUT2D eigenvalue weighted by Crippen LogP contribution is 2.56. The number of carbonyl (C=O) groups excluding carboxylic acids is 2. The van der Waals surface area contributed by atoms with Gasteiger partial charge in [0.25, 0.3) is 5.91 Å². The lowest BCUT2D eigenvalue weighted by Crippen LogP contribution is -2.42. The molecule has 2 fully saturated rings. The first kappa shape index (κ1) is 22.7. The molecule has 3 N–H and O–H groups in total. The summed E-state index contributed by atoms with van der Waals surface area (Å²) >= 11 is 1.60. The van der Waals surface area contributed by atoms with E-state index in [9.17, 15) is 9.59 Å². The van der Waals surface area contributed by atoms with Gasteiger partial charge >= 0.3 is 0 Å². The van der Waals surface area contributed by atoms with Crippen LogP contribution in [0.5, 0.6) is 11.5 Å². The Hall–Kier alpha value is -2.51. The van der Waals surface area contributed by atoms with E-state index >= 15 is 0 Å². The molecule has 7 heteroatoms. The molecule has 170 valence electrons. The largest absolute Gasteiger partial charge is 0.457 e. The Morgan fingerprint density at radius 2 is 1.53 bits per heavy atom. The molecule has 0 bridgehead atoms. The van der Waals surface area contributed by atoms with Gasteiger partial charge in [-0.15, -0.1) is 11.8 Å². The van der Waals surface area contributed by atoms with Gasteiger partial charge in [-0.1, -0.05) is 0 Å². The number of ether oxygens (including phenoxy) is 1. The average Bonchev–Trinajstić information content (AvgIpc) is 3.14. The smallest absolute Gasteiger partial charge is 0.253 e. The molecule has 1 atom stereocenters. The molecule has 2 aromatic carbocycles. The Kier molecular flexibility index (Phi) is 6.49. The number of carbonyl (C=O) groups is 2. The number of nitrogens with two attached hydrogens (primary N) is 1. The molecular weight excluding hydrogens is 422 g/mol. The third-order valence-electron chi connectivity index (χ3n) is 6.71. The summed E-state index contributed by atoms with van der Waals surface area (Å²) in [5.41, 5.74) is 6.79. The maximum absolute atomic E-state index is 12.5. The SMILES string of the molecule is CN(C)C(=O)c1ccc(Oc2ccc(SC3(C(N)=O)CCC4(CCNCC4)C3)cc2)cc1. The van der Waals surface area contributed by atoms with Crippen molar-refractivity contribution in [3.8, 4) is 11.5 Å². The van der Waals surface area contributed by atoms with Crippen LogP contribution in [0.25, 0.3) is 0 Å². The minimum Gasteiger partial charge on any atom is -0.457 e. The molecule has 1 saturated heterocycles. The van der Waals surface area contributed by atoms with E-state index in [0.29, 0.717) is 17.1 Å². The van der Waals surface area contributed by atoms with E-state index in [1.807, 2.05) is 24.3 Å². The van der Waals surface area contributed by atoms with Crippen LogP contribution in [-0.2, 0) is 4.79 Å². The Bertz CT molecular complexity index is 969. The van der Waals surface area contributed by atoms with Crippen molar-refractivity contribution in [3.63, 3.8) is 0 Å². The second kappa shape index (κ2) is 9.16. The zero-order chi connectivity index (χ0) is 22.8. The highest BCUT2D eigenvalue weighted by molar-refractivity contribution is 8.01. The van der Waals surface area contributed by atoms with Crippen molar-refractivity contribution < 1.29 is 14.3 Å². The maximum Gasteiger partial charge on any atom is 0.253 e. The molecule has 32 heavy (non-hydrogen) atoms. The third kappa shape index (κ3) is 4.79. The summed E-state index contributed by atoms with van der Waals surface area (Å²) < 4.78 is 5.40. The summed E-state index contributed by atoms with van der Waals surface area (Å²) in [7, 11) is 3.46. The van der Waals surface area contributed by atoms with E-state index < -0.39 is 4.75 Å². The lowest BCUT2D eigenvalue weighted by atomic mass is 9.77. The molecule has 1 spiro atoms. The van der Waals surface area contributed by atoms with E-state index in [4.69, 9.17) is 10.5 Å². The summed E-state index contributed by atoms with van der Waals surface area (Å²) in [4.78, 5) is 27.1. The summed E-state index contributed by atoms with van der Waals surface area (Å²) in [6.45, 7) is 2.05. The van der Waals surface area contributed by atoms with Gasteiger partial charge in [-0.25, -0.2) is 0 Å². The van der Waals surface area contributed by atoms with Gasteiger partial charge in [0.05, 0.1) is 4.75 Å². The fourth-order valence-corrected chi connectivity index (χ4v) is 6.25. The molecule has 1 saturated carbocycles. The zero-order valence-electron chi connectivity index (χ0n) is 18.7. The van der Waals surface area contributed by atoms with Crippen molar-refractivity contribution in [1.29, 1.82) is 0 Å². The van der Waals surface area contributed by atoms with E-state index in [-0.39, 0.29) is 17.2 Å². The molecule has 1 unspecified atom stereocenters. The Morgan fingerprint density at radius 3 is 2.09 bits per heavy atom. The van der Waals surface area contributed by atoms with Crippen LogP contribution in [0.15, 0.2) is 53.4 Å². The van der Waals surface area contributed by atoms with E-state index in [1.165, 1.54) is 0 Å². The minimum absolute atomic E-state index is 0.0421. The number of piperidine rings is 1. The fraction of sp³-hybridized carbons (Fsp3) is 0.440. The van der Waals surface area contributed by atoms with Crippen LogP contribution in [0.1, 0.15) is 42.5 Å². The molecule has 1 heterocycles. The van der Waals surface area contributed by atoms with Gasteiger partial charge in [0.1, 0.15) is 11.5 Å². The Morgan fingerprint density at radius 1 is 0.938 bits per heavy atom. The van der Waals surface area contributed by atoms with Crippen LogP contribution in [0.3, 0.4) is 0 Å². The second-order valence-corrected chi connectivity index (χ2v) is 10.6. The minimum atomic E-state index is -0.533. The van der Waals surface area contributed by atoms with Crippen molar-refractivity contribution in [2.24, 2.45) is 11.1 Å². The highest BCUT2D eigenvalue weighted by Gasteiger charge is 2.52. The van der Waals surface area contributed by atoms with Crippen LogP contribution in [0.4, 0.5) is 0 Å². The monoisotopic (exact) mass is 453 g/mol. The first-order valence-electron chi connectivity index (χ1n) is 11.1. The topological polar surface area (TPSA) is 84.7 Å². The molecule has 4 rings (SSSR count). The number of hydrogen-bond acceptors (Lipinski definition) is 5. The van der Waals surface area contributed by atoms with Crippen molar-refractivity contribution in [2.75, 3.05) is 27.2 Å². The van der Waals surface area contributed by atoms with Gasteiger partial charge in [0.2, 0.25) is 5.91 Å². The van der Waals surface area contributed by atoms with Crippen LogP contribution >= 0.6 is 11.8 Å². The fourth-order valence-electron chi connectivity index (χ4n) is 4.84. The molecule has 2 aliphatic rings. The normalized spacial score (nSPS) is 21.9. The highest BCUT2D eigenvalue weighted by atomic mass is 32.2. The van der Waals surface area contributed by atoms with Gasteiger partial charge in [-0.3, -0.25) is 9.59 Å². The predicted octanol–water partition coefficient (Wildman–Crippen LogP) is 4.05. The van der Waals surface area contributed by atoms with Crippen LogP contribution in [-0.4, -0.2) is 48.6 Å². The predicted molar refractivity (Wildman–Crippen MR) is 127 cm³/mol. The first-order valence-corrected chi connectivity index (χ1v) is 11.9. The molecule has 2 amide bonds. The van der Waals surface area contributed by atoms with Gasteiger partial charge < -0.3 is 20.7 Å². The van der Waals surface area contributed by atoms with Crippen LogP contribution < -0.4 is 15.8 Å². The van der Waals surface area contributed by atoms with E-state index in [1.54, 1.807) is 55.0 Å². The number of thioether (sulfide) groups is 1. The number of nitrogens with zero attached hydrogens (tertiary/aromatic N) is 1. The lowest BCUT2D eigenvalue weighted by molar-refractivity contribution is -0.120. The van der Waals surface area contributed by atoms with Gasteiger partial charge in [0, 0.05) is 24.6 Å². The Balaban J connectivity index is 1.42. The van der Waals surface area contributed by atoms with Crippen molar-refractivity contribution in [3.05, 3.63) is 54.1 Å². The molecular formula is C25H31N3O3S. The lowest BCUT2D eigenvalue weighted by Gasteiger charge is -2.35. The number of hydrogen-bond donors (Lipinski definition) is 2. The van der Waals surface area contributed by atoms with Gasteiger partial charge in [-0.05, 0) is 99.1 Å². The molecule has 1 aliphatic carbocycles. The van der Waals surface area contributed by atoms with Crippen LogP contribution in [0, 0.1) is 5.41 Å². The number of rotatable bonds is 6. The quantitative estimate of drug-likeness (QED) is 0.689. The summed E-state index contributed by atoms with van der Waals surface area (Å²) in [5.74, 6) is 1.12. The second-order valence-electron chi connectivity index (χ2n) is 9.18. The first-order chi connectivity index (χ1) is 15.3. The molecule has 6 nitrogen and oxygen atoms in total. The van der Waals surface area contributed by atoms with E-state index in [0.717, 1.165) is 50.1 Å². The number of nitrogens with one attached hydrogen (secondary N) is 1. The molecule has 0 radical (unpaired) electrons. The van der Waals surface area contributed by atoms with Gasteiger partial charge in [-0.2, -0.15) is 0 Å². The molecule has 0 aromatic heterocycles. The Labute approximate surface area is 193 Å². The number of amides is 2. The van der Waals surface area contributed by atoms with Crippen molar-refractivity contribution in [1.82, 2.24) is 10.2 Å². The maximum atomic E-state index is 12.5. The standard InChI is InChI=1S/C25H31N3O3S/c1-28(2)22(29)18-3-5-19(6-4-18)31-20-7-9-21(10-8-20)32-25(23(26)30)12-11-24(17-25)13-15-27-16-14-24/h3-10,27H,11-17H2,1-2H3,(H2,26,30).